The van der Waals surface area contributed by atoms with Gasteiger partial charge in [-0.05, 0) is 23.3 Å². The molecule has 0 saturated carbocycles. The van der Waals surface area contributed by atoms with Gasteiger partial charge in [0, 0.05) is 6.42 Å². The number of halogens is 2. The summed E-state index contributed by atoms with van der Waals surface area (Å²) in [4.78, 5) is 0. The molecule has 0 amide bonds. The Morgan fingerprint density at radius 1 is 0.789 bits per heavy atom. The van der Waals surface area contributed by atoms with Gasteiger partial charge in [0.1, 0.15) is 23.8 Å². The van der Waals surface area contributed by atoms with Crippen molar-refractivity contribution in [1.82, 2.24) is 0 Å². The van der Waals surface area contributed by atoms with Crippen LogP contribution in [0, 0.1) is 34.3 Å². The van der Waals surface area contributed by atoms with Crippen molar-refractivity contribution >= 4 is 0 Å². The first-order valence-electron chi connectivity index (χ1n) is 5.52. The molecule has 0 aliphatic carbocycles. The number of nitriles is 2. The van der Waals surface area contributed by atoms with E-state index in [1.807, 2.05) is 0 Å². The van der Waals surface area contributed by atoms with Gasteiger partial charge in [-0.15, -0.1) is 0 Å². The Bertz CT molecular complexity index is 648. The van der Waals surface area contributed by atoms with Crippen molar-refractivity contribution in [3.05, 3.63) is 70.3 Å². The SMILES string of the molecule is N#Cc1c(F)cccc1Cc1cccc(F)c1C#N. The van der Waals surface area contributed by atoms with E-state index in [1.54, 1.807) is 24.3 Å². The molecule has 0 saturated heterocycles. The van der Waals surface area contributed by atoms with E-state index >= 15 is 0 Å². The van der Waals surface area contributed by atoms with Crippen molar-refractivity contribution in [1.29, 1.82) is 10.5 Å². The van der Waals surface area contributed by atoms with Crippen LogP contribution in [-0.4, -0.2) is 0 Å². The summed E-state index contributed by atoms with van der Waals surface area (Å²) >= 11 is 0. The lowest BCUT2D eigenvalue weighted by molar-refractivity contribution is 0.619. The number of hydrogen-bond donors (Lipinski definition) is 0. The van der Waals surface area contributed by atoms with Crippen LogP contribution in [0.1, 0.15) is 22.3 Å². The van der Waals surface area contributed by atoms with E-state index in [0.29, 0.717) is 11.1 Å². The molecule has 0 aliphatic rings. The van der Waals surface area contributed by atoms with Crippen molar-refractivity contribution < 1.29 is 8.78 Å². The first-order valence-corrected chi connectivity index (χ1v) is 5.52. The molecule has 0 heterocycles. The van der Waals surface area contributed by atoms with Gasteiger partial charge in [-0.1, -0.05) is 24.3 Å². The Hall–Kier alpha value is -2.72. The summed E-state index contributed by atoms with van der Waals surface area (Å²) in [5.74, 6) is -1.23. The summed E-state index contributed by atoms with van der Waals surface area (Å²) in [6.07, 6.45) is 0.140. The van der Waals surface area contributed by atoms with Gasteiger partial charge in [0.05, 0.1) is 11.1 Å². The van der Waals surface area contributed by atoms with Gasteiger partial charge in [0.15, 0.2) is 0 Å². The fourth-order valence-electron chi connectivity index (χ4n) is 1.89. The zero-order chi connectivity index (χ0) is 13.8. The summed E-state index contributed by atoms with van der Waals surface area (Å²) in [5, 5.41) is 17.9. The average Bonchev–Trinajstić information content (AvgIpc) is 2.39. The molecule has 0 N–H and O–H groups in total. The normalized spacial score (nSPS) is 9.68. The second-order valence-corrected chi connectivity index (χ2v) is 3.95. The molecule has 0 aliphatic heterocycles. The van der Waals surface area contributed by atoms with Gasteiger partial charge in [-0.2, -0.15) is 10.5 Å². The van der Waals surface area contributed by atoms with E-state index in [-0.39, 0.29) is 17.5 Å². The molecular weight excluding hydrogens is 246 g/mol. The van der Waals surface area contributed by atoms with Gasteiger partial charge in [0.2, 0.25) is 0 Å². The summed E-state index contributed by atoms with van der Waals surface area (Å²) in [7, 11) is 0. The average molecular weight is 254 g/mol. The van der Waals surface area contributed by atoms with Crippen LogP contribution in [0.3, 0.4) is 0 Å². The van der Waals surface area contributed by atoms with Gasteiger partial charge in [-0.3, -0.25) is 0 Å². The van der Waals surface area contributed by atoms with E-state index in [9.17, 15) is 8.78 Å². The maximum Gasteiger partial charge on any atom is 0.141 e. The highest BCUT2D eigenvalue weighted by Gasteiger charge is 2.12. The third-order valence-corrected chi connectivity index (χ3v) is 2.80. The molecule has 0 spiro atoms. The summed E-state index contributed by atoms with van der Waals surface area (Å²) < 4.78 is 26.9. The van der Waals surface area contributed by atoms with Gasteiger partial charge >= 0.3 is 0 Å². The van der Waals surface area contributed by atoms with Crippen molar-refractivity contribution in [2.45, 2.75) is 6.42 Å². The standard InChI is InChI=1S/C15H8F2N2/c16-14-5-1-3-10(12(14)8-18)7-11-4-2-6-15(17)13(11)9-19/h1-6H,7H2. The van der Waals surface area contributed by atoms with Crippen LogP contribution >= 0.6 is 0 Å². The molecule has 19 heavy (non-hydrogen) atoms. The number of hydrogen-bond acceptors (Lipinski definition) is 2. The minimum Gasteiger partial charge on any atom is -0.206 e. The molecule has 2 aromatic rings. The molecule has 2 nitrogen and oxygen atoms in total. The van der Waals surface area contributed by atoms with Crippen molar-refractivity contribution in [3.8, 4) is 12.1 Å². The highest BCUT2D eigenvalue weighted by Crippen LogP contribution is 2.20. The van der Waals surface area contributed by atoms with E-state index in [1.165, 1.54) is 24.3 Å². The summed E-state index contributed by atoms with van der Waals surface area (Å²) in [5.41, 5.74) is 0.723. The lowest BCUT2D eigenvalue weighted by atomic mass is 9.97. The van der Waals surface area contributed by atoms with Crippen LogP contribution in [0.4, 0.5) is 8.78 Å². The maximum absolute atomic E-state index is 13.5. The van der Waals surface area contributed by atoms with Gasteiger partial charge in [-0.25, -0.2) is 8.78 Å². The Morgan fingerprint density at radius 2 is 1.21 bits per heavy atom. The van der Waals surface area contributed by atoms with Crippen LogP contribution in [0.15, 0.2) is 36.4 Å². The topological polar surface area (TPSA) is 47.6 Å². The quantitative estimate of drug-likeness (QED) is 0.825. The molecule has 0 fully saturated rings. The van der Waals surface area contributed by atoms with Crippen LogP contribution < -0.4 is 0 Å². The maximum atomic E-state index is 13.5. The highest BCUT2D eigenvalue weighted by atomic mass is 19.1. The fourth-order valence-corrected chi connectivity index (χ4v) is 1.89. The molecule has 4 heteroatoms. The number of benzene rings is 2. The van der Waals surface area contributed by atoms with E-state index in [2.05, 4.69) is 0 Å². The van der Waals surface area contributed by atoms with Crippen LogP contribution in [0.2, 0.25) is 0 Å². The lowest BCUT2D eigenvalue weighted by Gasteiger charge is -2.07. The van der Waals surface area contributed by atoms with E-state index in [0.717, 1.165) is 0 Å². The summed E-state index contributed by atoms with van der Waals surface area (Å²) in [6.45, 7) is 0. The largest absolute Gasteiger partial charge is 0.206 e. The van der Waals surface area contributed by atoms with Crippen LogP contribution in [0.5, 0.6) is 0 Å². The first kappa shape index (κ1) is 12.7. The zero-order valence-electron chi connectivity index (χ0n) is 9.82. The van der Waals surface area contributed by atoms with Gasteiger partial charge in [0.25, 0.3) is 0 Å². The minimum absolute atomic E-state index is 0.0735. The molecule has 0 radical (unpaired) electrons. The molecule has 2 rings (SSSR count). The predicted molar refractivity (Wildman–Crippen MR) is 65.0 cm³/mol. The van der Waals surface area contributed by atoms with Crippen LogP contribution in [0.25, 0.3) is 0 Å². The van der Waals surface area contributed by atoms with Crippen LogP contribution in [-0.2, 0) is 6.42 Å². The van der Waals surface area contributed by atoms with Crippen molar-refractivity contribution in [3.63, 3.8) is 0 Å². The van der Waals surface area contributed by atoms with E-state index < -0.39 is 11.6 Å². The van der Waals surface area contributed by atoms with E-state index in [4.69, 9.17) is 10.5 Å². The second-order valence-electron chi connectivity index (χ2n) is 3.95. The molecule has 92 valence electrons. The highest BCUT2D eigenvalue weighted by molar-refractivity contribution is 5.46. The van der Waals surface area contributed by atoms with Crippen molar-refractivity contribution in [2.75, 3.05) is 0 Å². The Labute approximate surface area is 109 Å². The number of rotatable bonds is 2. The smallest absolute Gasteiger partial charge is 0.141 e. The Balaban J connectivity index is 2.50. The Kier molecular flexibility index (Phi) is 3.54. The minimum atomic E-state index is -0.616. The van der Waals surface area contributed by atoms with Gasteiger partial charge < -0.3 is 0 Å². The molecular formula is C15H8F2N2. The third-order valence-electron chi connectivity index (χ3n) is 2.80. The monoisotopic (exact) mass is 254 g/mol. The predicted octanol–water partition coefficient (Wildman–Crippen LogP) is 3.30. The molecule has 0 aromatic heterocycles. The zero-order valence-corrected chi connectivity index (χ0v) is 9.82. The molecule has 2 aromatic carbocycles. The fraction of sp³-hybridized carbons (Fsp3) is 0.0667. The molecule has 0 unspecified atom stereocenters. The first-order chi connectivity index (χ1) is 9.17. The third kappa shape index (κ3) is 2.43. The lowest BCUT2D eigenvalue weighted by Crippen LogP contribution is -1.99. The molecule has 0 atom stereocenters. The summed E-state index contributed by atoms with van der Waals surface area (Å²) in [6, 6.07) is 12.1. The number of nitrogens with zero attached hydrogens (tertiary/aromatic N) is 2. The van der Waals surface area contributed by atoms with Crippen molar-refractivity contribution in [2.24, 2.45) is 0 Å². The Morgan fingerprint density at radius 3 is 1.58 bits per heavy atom. The molecule has 0 bridgehead atoms. The second kappa shape index (κ2) is 5.29.